The second-order valence-electron chi connectivity index (χ2n) is 5.68. The number of nitrogens with zero attached hydrogens (tertiary/aromatic N) is 1. The van der Waals surface area contributed by atoms with Crippen LogP contribution < -0.4 is 5.06 Å². The number of rotatable bonds is 2. The van der Waals surface area contributed by atoms with Crippen LogP contribution in [0.1, 0.15) is 11.6 Å². The Hall–Kier alpha value is -1.67. The minimum Gasteiger partial charge on any atom is -0.267 e. The summed E-state index contributed by atoms with van der Waals surface area (Å²) in [5.41, 5.74) is 1.30. The van der Waals surface area contributed by atoms with E-state index in [9.17, 15) is 12.8 Å². The maximum absolute atomic E-state index is 13.3. The van der Waals surface area contributed by atoms with E-state index in [1.807, 2.05) is 0 Å². The molecular formula is C16H13ClFNO4S. The van der Waals surface area contributed by atoms with Crippen LogP contribution in [0.3, 0.4) is 0 Å². The highest BCUT2D eigenvalue weighted by Crippen LogP contribution is 2.45. The zero-order chi connectivity index (χ0) is 16.9. The smallest absolute Gasteiger partial charge is 0.267 e. The van der Waals surface area contributed by atoms with Crippen molar-refractivity contribution < 1.29 is 21.8 Å². The molecule has 0 radical (unpaired) electrons. The van der Waals surface area contributed by atoms with Crippen molar-refractivity contribution in [2.75, 3.05) is 11.7 Å². The van der Waals surface area contributed by atoms with Crippen molar-refractivity contribution in [1.82, 2.24) is 0 Å². The van der Waals surface area contributed by atoms with Gasteiger partial charge in [0.1, 0.15) is 23.2 Å². The topological polar surface area (TPSA) is 55.8 Å². The number of fused-ring (bicyclic) bond motifs is 1. The molecule has 2 aromatic rings. The van der Waals surface area contributed by atoms with Gasteiger partial charge in [-0.15, -0.1) is 0 Å². The number of hydroxylamine groups is 1. The van der Waals surface area contributed by atoms with Crippen molar-refractivity contribution in [1.29, 1.82) is 0 Å². The van der Waals surface area contributed by atoms with Gasteiger partial charge in [-0.05, 0) is 42.0 Å². The van der Waals surface area contributed by atoms with Gasteiger partial charge in [0, 0.05) is 5.02 Å². The van der Waals surface area contributed by atoms with Crippen LogP contribution in [0.4, 0.5) is 10.1 Å². The Kier molecular flexibility index (Phi) is 3.76. The van der Waals surface area contributed by atoms with E-state index in [0.717, 1.165) is 0 Å². The Morgan fingerprint density at radius 3 is 2.42 bits per heavy atom. The zero-order valence-electron chi connectivity index (χ0n) is 12.3. The van der Waals surface area contributed by atoms with E-state index in [1.54, 1.807) is 41.5 Å². The van der Waals surface area contributed by atoms with Crippen molar-refractivity contribution in [3.8, 4) is 0 Å². The number of benzene rings is 2. The number of hydrogen-bond acceptors (Lipinski definition) is 5. The summed E-state index contributed by atoms with van der Waals surface area (Å²) in [4.78, 5) is 5.84. The van der Waals surface area contributed by atoms with E-state index >= 15 is 0 Å². The highest BCUT2D eigenvalue weighted by atomic mass is 35.5. The Balaban J connectivity index is 1.81. The van der Waals surface area contributed by atoms with Gasteiger partial charge in [-0.2, -0.15) is 8.42 Å². The maximum atomic E-state index is 13.3. The highest BCUT2D eigenvalue weighted by Gasteiger charge is 2.56. The first-order valence-corrected chi connectivity index (χ1v) is 9.16. The van der Waals surface area contributed by atoms with Crippen LogP contribution in [0.2, 0.25) is 5.02 Å². The Morgan fingerprint density at radius 2 is 1.75 bits per heavy atom. The normalized spacial score (nSPS) is 28.1. The predicted molar refractivity (Wildman–Crippen MR) is 86.6 cm³/mol. The third-order valence-electron chi connectivity index (χ3n) is 4.20. The van der Waals surface area contributed by atoms with Crippen molar-refractivity contribution >= 4 is 27.4 Å². The Bertz CT molecular complexity index is 857. The molecule has 0 aliphatic carbocycles. The molecule has 2 heterocycles. The maximum Gasteiger partial charge on any atom is 0.275 e. The number of hydrogen-bond donors (Lipinski definition) is 0. The van der Waals surface area contributed by atoms with Crippen LogP contribution in [0.25, 0.3) is 0 Å². The fraction of sp³-hybridized carbons (Fsp3) is 0.250. The van der Waals surface area contributed by atoms with Gasteiger partial charge >= 0.3 is 0 Å². The SMILES string of the molecule is O=S1(=O)OC[C@H]2ON(c3ccc(Cl)cc3)[C@@H](c3ccc(F)cc3)[C@H]21. The monoisotopic (exact) mass is 369 g/mol. The average Bonchev–Trinajstić information content (AvgIpc) is 3.07. The van der Waals surface area contributed by atoms with E-state index in [-0.39, 0.29) is 6.61 Å². The molecule has 2 aliphatic heterocycles. The lowest BCUT2D eigenvalue weighted by atomic mass is 10.0. The van der Waals surface area contributed by atoms with Crippen molar-refractivity contribution in [3.05, 3.63) is 64.9 Å². The molecule has 5 nitrogen and oxygen atoms in total. The molecule has 0 spiro atoms. The fourth-order valence-corrected chi connectivity index (χ4v) is 4.80. The van der Waals surface area contributed by atoms with Crippen LogP contribution in [0.5, 0.6) is 0 Å². The van der Waals surface area contributed by atoms with E-state index in [4.69, 9.17) is 20.6 Å². The molecule has 0 N–H and O–H groups in total. The lowest BCUT2D eigenvalue weighted by Gasteiger charge is -2.27. The molecule has 0 aromatic heterocycles. The second-order valence-corrected chi connectivity index (χ2v) is 7.89. The largest absolute Gasteiger partial charge is 0.275 e. The van der Waals surface area contributed by atoms with E-state index < -0.39 is 33.3 Å². The van der Waals surface area contributed by atoms with E-state index in [2.05, 4.69) is 0 Å². The van der Waals surface area contributed by atoms with E-state index in [0.29, 0.717) is 16.3 Å². The number of halogens is 2. The summed E-state index contributed by atoms with van der Waals surface area (Å²) in [5, 5.41) is 1.23. The highest BCUT2D eigenvalue weighted by molar-refractivity contribution is 7.87. The summed E-state index contributed by atoms with van der Waals surface area (Å²) in [6.45, 7) is -0.0330. The minimum absolute atomic E-state index is 0.0330. The van der Waals surface area contributed by atoms with Gasteiger partial charge in [-0.1, -0.05) is 23.7 Å². The summed E-state index contributed by atoms with van der Waals surface area (Å²) >= 11 is 5.91. The third-order valence-corrected chi connectivity index (χ3v) is 6.15. The standard InChI is InChI=1S/C16H13ClFNO4S/c17-11-3-7-13(8-4-11)19-15(10-1-5-12(18)6-2-10)16-14(23-19)9-22-24(16,20)21/h1-8,14-16H,9H2/t14-,15+,16+/m1/s1. The van der Waals surface area contributed by atoms with Gasteiger partial charge in [-0.25, -0.2) is 9.45 Å². The zero-order valence-corrected chi connectivity index (χ0v) is 13.9. The number of anilines is 1. The molecule has 2 aromatic carbocycles. The first kappa shape index (κ1) is 15.8. The predicted octanol–water partition coefficient (Wildman–Crippen LogP) is 3.07. The first-order chi connectivity index (χ1) is 11.5. The lowest BCUT2D eigenvalue weighted by molar-refractivity contribution is 0.0640. The first-order valence-electron chi connectivity index (χ1n) is 7.31. The summed E-state index contributed by atoms with van der Waals surface area (Å²) in [5.74, 6) is -0.391. The quantitative estimate of drug-likeness (QED) is 0.761. The molecule has 0 saturated carbocycles. The Labute approximate surface area is 143 Å². The molecule has 2 saturated heterocycles. The van der Waals surface area contributed by atoms with Crippen molar-refractivity contribution in [2.24, 2.45) is 0 Å². The van der Waals surface area contributed by atoms with Crippen LogP contribution in [0, 0.1) is 5.82 Å². The van der Waals surface area contributed by atoms with Crippen LogP contribution in [0.15, 0.2) is 48.5 Å². The van der Waals surface area contributed by atoms with Gasteiger partial charge < -0.3 is 0 Å². The molecule has 0 amide bonds. The molecule has 0 unspecified atom stereocenters. The lowest BCUT2D eigenvalue weighted by Crippen LogP contribution is -2.31. The van der Waals surface area contributed by atoms with Gasteiger partial charge in [0.05, 0.1) is 12.3 Å². The van der Waals surface area contributed by atoms with E-state index in [1.165, 1.54) is 12.1 Å². The fourth-order valence-electron chi connectivity index (χ4n) is 3.11. The van der Waals surface area contributed by atoms with Gasteiger partial charge in [0.15, 0.2) is 0 Å². The van der Waals surface area contributed by atoms with Crippen LogP contribution >= 0.6 is 11.6 Å². The molecule has 8 heteroatoms. The van der Waals surface area contributed by atoms with Gasteiger partial charge in [0.25, 0.3) is 10.1 Å². The van der Waals surface area contributed by atoms with Gasteiger partial charge in [0.2, 0.25) is 0 Å². The molecule has 4 rings (SSSR count). The molecule has 2 fully saturated rings. The van der Waals surface area contributed by atoms with Crippen molar-refractivity contribution in [2.45, 2.75) is 17.4 Å². The summed E-state index contributed by atoms with van der Waals surface area (Å²) < 4.78 is 42.8. The third kappa shape index (κ3) is 2.57. The summed E-state index contributed by atoms with van der Waals surface area (Å²) in [7, 11) is -3.77. The molecule has 126 valence electrons. The second kappa shape index (κ2) is 5.70. The molecular weight excluding hydrogens is 357 g/mol. The Morgan fingerprint density at radius 1 is 1.08 bits per heavy atom. The van der Waals surface area contributed by atoms with Gasteiger partial charge in [-0.3, -0.25) is 9.02 Å². The molecule has 24 heavy (non-hydrogen) atoms. The van der Waals surface area contributed by atoms with Crippen LogP contribution in [-0.2, 0) is 19.1 Å². The molecule has 3 atom stereocenters. The average molecular weight is 370 g/mol. The molecule has 2 aliphatic rings. The van der Waals surface area contributed by atoms with Crippen LogP contribution in [-0.4, -0.2) is 26.4 Å². The summed E-state index contributed by atoms with van der Waals surface area (Å²) in [6.07, 6.45) is -0.610. The van der Waals surface area contributed by atoms with Crippen molar-refractivity contribution in [3.63, 3.8) is 0 Å². The molecule has 0 bridgehead atoms. The summed E-state index contributed by atoms with van der Waals surface area (Å²) in [6, 6.07) is 12.0. The minimum atomic E-state index is -3.77.